The molecule has 2 aromatic rings. The van der Waals surface area contributed by atoms with Gasteiger partial charge in [-0.15, -0.1) is 5.10 Å². The predicted octanol–water partition coefficient (Wildman–Crippen LogP) is 1.28. The molecule has 0 bridgehead atoms. The van der Waals surface area contributed by atoms with Gasteiger partial charge in [0.05, 0.1) is 0 Å². The van der Waals surface area contributed by atoms with E-state index in [1.807, 2.05) is 0 Å². The lowest BCUT2D eigenvalue weighted by Gasteiger charge is -2.11. The normalized spacial score (nSPS) is 12.7. The van der Waals surface area contributed by atoms with E-state index in [4.69, 9.17) is 5.73 Å². The first kappa shape index (κ1) is 12.9. The monoisotopic (exact) mass is 271 g/mol. The highest BCUT2D eigenvalue weighted by molar-refractivity contribution is 7.99. The summed E-state index contributed by atoms with van der Waals surface area (Å²) in [6, 6.07) is 2.61. The van der Waals surface area contributed by atoms with Crippen LogP contribution in [0.25, 0.3) is 0 Å². The lowest BCUT2D eigenvalue weighted by atomic mass is 10.1. The smallest absolute Gasteiger partial charge is 0.209 e. The van der Waals surface area contributed by atoms with Crippen LogP contribution in [-0.4, -0.2) is 26.0 Å². The topological polar surface area (TPSA) is 69.6 Å². The highest BCUT2D eigenvalue weighted by Crippen LogP contribution is 2.23. The molecular weight excluding hydrogens is 260 g/mol. The first-order valence-corrected chi connectivity index (χ1v) is 6.12. The number of nitrogens with two attached hydrogens (primary N) is 1. The number of benzene rings is 1. The highest BCUT2D eigenvalue weighted by atomic mass is 32.2. The summed E-state index contributed by atoms with van der Waals surface area (Å²) in [7, 11) is 1.69. The molecule has 0 amide bonds. The van der Waals surface area contributed by atoms with Crippen molar-refractivity contribution in [2.75, 3.05) is 5.75 Å². The molecule has 8 heteroatoms. The van der Waals surface area contributed by atoms with Crippen LogP contribution in [0.4, 0.5) is 8.78 Å². The standard InChI is InChI=1S/C10H11F2N5S/c1-17-10(14-15-16-17)18-5-9(13)7-4-6(11)2-3-8(7)12/h2-4,9H,5,13H2,1H3. The number of aromatic nitrogens is 4. The van der Waals surface area contributed by atoms with Crippen LogP contribution in [0.3, 0.4) is 0 Å². The first-order valence-electron chi connectivity index (χ1n) is 5.13. The van der Waals surface area contributed by atoms with Gasteiger partial charge in [0.2, 0.25) is 5.16 Å². The molecular formula is C10H11F2N5S. The molecule has 0 aliphatic rings. The van der Waals surface area contributed by atoms with Gasteiger partial charge in [0.1, 0.15) is 11.6 Å². The van der Waals surface area contributed by atoms with Crippen molar-refractivity contribution in [3.63, 3.8) is 0 Å². The average molecular weight is 271 g/mol. The molecule has 1 unspecified atom stereocenters. The maximum Gasteiger partial charge on any atom is 0.209 e. The van der Waals surface area contributed by atoms with Crippen molar-refractivity contribution < 1.29 is 8.78 Å². The molecule has 1 aromatic carbocycles. The second-order valence-electron chi connectivity index (χ2n) is 3.67. The average Bonchev–Trinajstić information content (AvgIpc) is 2.75. The van der Waals surface area contributed by atoms with Gasteiger partial charge in [-0.3, -0.25) is 0 Å². The molecule has 0 spiro atoms. The molecule has 2 N–H and O–H groups in total. The van der Waals surface area contributed by atoms with Crippen molar-refractivity contribution in [2.24, 2.45) is 12.8 Å². The summed E-state index contributed by atoms with van der Waals surface area (Å²) >= 11 is 1.28. The zero-order chi connectivity index (χ0) is 13.1. The van der Waals surface area contributed by atoms with Crippen LogP contribution in [0.1, 0.15) is 11.6 Å². The maximum absolute atomic E-state index is 13.5. The van der Waals surface area contributed by atoms with Crippen LogP contribution in [0, 0.1) is 11.6 Å². The van der Waals surface area contributed by atoms with Crippen LogP contribution in [-0.2, 0) is 7.05 Å². The molecule has 5 nitrogen and oxygen atoms in total. The van der Waals surface area contributed by atoms with E-state index in [2.05, 4.69) is 15.5 Å². The fourth-order valence-corrected chi connectivity index (χ4v) is 2.22. The van der Waals surface area contributed by atoms with Gasteiger partial charge < -0.3 is 5.73 Å². The second-order valence-corrected chi connectivity index (χ2v) is 4.66. The summed E-state index contributed by atoms with van der Waals surface area (Å²) in [6.07, 6.45) is 0. The number of nitrogens with zero attached hydrogens (tertiary/aromatic N) is 4. The third-order valence-electron chi connectivity index (χ3n) is 2.33. The minimum Gasteiger partial charge on any atom is -0.323 e. The number of aryl methyl sites for hydroxylation is 1. The summed E-state index contributed by atoms with van der Waals surface area (Å²) in [6.45, 7) is 0. The van der Waals surface area contributed by atoms with Gasteiger partial charge in [0.25, 0.3) is 0 Å². The number of tetrazole rings is 1. The minimum absolute atomic E-state index is 0.151. The lowest BCUT2D eigenvalue weighted by molar-refractivity contribution is 0.573. The molecule has 2 rings (SSSR count). The summed E-state index contributed by atoms with van der Waals surface area (Å²) in [4.78, 5) is 0. The Hall–Kier alpha value is -1.54. The van der Waals surface area contributed by atoms with E-state index in [0.717, 1.165) is 18.2 Å². The zero-order valence-corrected chi connectivity index (χ0v) is 10.4. The molecule has 18 heavy (non-hydrogen) atoms. The molecule has 0 saturated heterocycles. The molecule has 0 radical (unpaired) electrons. The van der Waals surface area contributed by atoms with Gasteiger partial charge in [-0.25, -0.2) is 13.5 Å². The fraction of sp³-hybridized carbons (Fsp3) is 0.300. The quantitative estimate of drug-likeness (QED) is 0.848. The van der Waals surface area contributed by atoms with Crippen LogP contribution >= 0.6 is 11.8 Å². The van der Waals surface area contributed by atoms with Gasteiger partial charge >= 0.3 is 0 Å². The Morgan fingerprint density at radius 2 is 2.22 bits per heavy atom. The van der Waals surface area contributed by atoms with E-state index in [0.29, 0.717) is 10.9 Å². The highest BCUT2D eigenvalue weighted by Gasteiger charge is 2.14. The van der Waals surface area contributed by atoms with E-state index >= 15 is 0 Å². The Morgan fingerprint density at radius 3 is 2.89 bits per heavy atom. The van der Waals surface area contributed by atoms with Crippen molar-refractivity contribution >= 4 is 11.8 Å². The van der Waals surface area contributed by atoms with E-state index < -0.39 is 17.7 Å². The van der Waals surface area contributed by atoms with Crippen molar-refractivity contribution in [3.05, 3.63) is 35.4 Å². The third kappa shape index (κ3) is 2.82. The Balaban J connectivity index is 2.06. The van der Waals surface area contributed by atoms with Crippen molar-refractivity contribution in [3.8, 4) is 0 Å². The van der Waals surface area contributed by atoms with Crippen LogP contribution < -0.4 is 5.73 Å². The summed E-state index contributed by atoms with van der Waals surface area (Å²) in [5.41, 5.74) is 5.98. The van der Waals surface area contributed by atoms with Crippen LogP contribution in [0.5, 0.6) is 0 Å². The maximum atomic E-state index is 13.5. The predicted molar refractivity (Wildman–Crippen MR) is 62.8 cm³/mol. The van der Waals surface area contributed by atoms with Crippen molar-refractivity contribution in [2.45, 2.75) is 11.2 Å². The number of thioether (sulfide) groups is 1. The van der Waals surface area contributed by atoms with E-state index in [-0.39, 0.29) is 5.56 Å². The van der Waals surface area contributed by atoms with Crippen molar-refractivity contribution in [1.82, 2.24) is 20.2 Å². The van der Waals surface area contributed by atoms with Crippen molar-refractivity contribution in [1.29, 1.82) is 0 Å². The third-order valence-corrected chi connectivity index (χ3v) is 3.46. The number of halogens is 2. The molecule has 0 aliphatic carbocycles. The number of rotatable bonds is 4. The summed E-state index contributed by atoms with van der Waals surface area (Å²) in [5, 5.41) is 11.5. The molecule has 1 heterocycles. The number of hydrogen-bond acceptors (Lipinski definition) is 5. The SMILES string of the molecule is Cn1nnnc1SCC(N)c1cc(F)ccc1F. The Kier molecular flexibility index (Phi) is 3.87. The van der Waals surface area contributed by atoms with Gasteiger partial charge in [-0.1, -0.05) is 11.8 Å². The first-order chi connectivity index (χ1) is 8.58. The van der Waals surface area contributed by atoms with E-state index in [1.165, 1.54) is 16.4 Å². The lowest BCUT2D eigenvalue weighted by Crippen LogP contribution is -2.15. The van der Waals surface area contributed by atoms with Crippen LogP contribution in [0.2, 0.25) is 0 Å². The largest absolute Gasteiger partial charge is 0.323 e. The summed E-state index contributed by atoms with van der Waals surface area (Å²) in [5.74, 6) is -0.665. The van der Waals surface area contributed by atoms with Crippen LogP contribution in [0.15, 0.2) is 23.4 Å². The molecule has 0 aliphatic heterocycles. The van der Waals surface area contributed by atoms with E-state index in [9.17, 15) is 8.78 Å². The number of hydrogen-bond donors (Lipinski definition) is 1. The fourth-order valence-electron chi connectivity index (χ4n) is 1.40. The van der Waals surface area contributed by atoms with Gasteiger partial charge in [-0.05, 0) is 28.6 Å². The summed E-state index contributed by atoms with van der Waals surface area (Å²) < 4.78 is 28.0. The molecule has 1 aromatic heterocycles. The molecule has 96 valence electrons. The Labute approximate surface area is 106 Å². The molecule has 0 fully saturated rings. The molecule has 1 atom stereocenters. The minimum atomic E-state index is -0.623. The zero-order valence-electron chi connectivity index (χ0n) is 9.55. The van der Waals surface area contributed by atoms with E-state index in [1.54, 1.807) is 7.05 Å². The van der Waals surface area contributed by atoms with Gasteiger partial charge in [0, 0.05) is 24.4 Å². The second kappa shape index (κ2) is 5.40. The molecule has 0 saturated carbocycles. The Morgan fingerprint density at radius 1 is 1.44 bits per heavy atom. The van der Waals surface area contributed by atoms with Gasteiger partial charge in [0.15, 0.2) is 0 Å². The Bertz CT molecular complexity index is 545. The van der Waals surface area contributed by atoms with Gasteiger partial charge in [-0.2, -0.15) is 0 Å².